The van der Waals surface area contributed by atoms with Crippen LogP contribution < -0.4 is 9.64 Å². The van der Waals surface area contributed by atoms with Crippen molar-refractivity contribution in [3.63, 3.8) is 0 Å². The average Bonchev–Trinajstić information content (AvgIpc) is 3.25. The molecule has 6 heteroatoms. The van der Waals surface area contributed by atoms with E-state index in [9.17, 15) is 4.79 Å². The highest BCUT2D eigenvalue weighted by Crippen LogP contribution is 2.35. The van der Waals surface area contributed by atoms with Crippen LogP contribution in [0.15, 0.2) is 12.3 Å². The smallest absolute Gasteiger partial charge is 0.171 e. The molecule has 2 saturated heterocycles. The molecule has 0 aromatic carbocycles. The SMILES string of the molecule is O=C(CC1CCC(CCN2CCN(c3nccc4c3OCC4)CC2)CC1)CC1COC1. The molecule has 1 aliphatic carbocycles. The Morgan fingerprint density at radius 2 is 1.74 bits per heavy atom. The molecule has 0 amide bonds. The van der Waals surface area contributed by atoms with Gasteiger partial charge in [-0.25, -0.2) is 4.98 Å². The Kier molecular flexibility index (Phi) is 6.75. The first-order valence-electron chi connectivity index (χ1n) is 12.4. The third-order valence-corrected chi connectivity index (χ3v) is 7.82. The lowest BCUT2D eigenvalue weighted by molar-refractivity contribution is -0.125. The number of ether oxygens (including phenoxy) is 2. The highest BCUT2D eigenvalue weighted by atomic mass is 16.5. The van der Waals surface area contributed by atoms with E-state index in [1.807, 2.05) is 6.20 Å². The Labute approximate surface area is 186 Å². The minimum atomic E-state index is 0.471. The van der Waals surface area contributed by atoms with Crippen LogP contribution in [-0.2, 0) is 16.0 Å². The second-order valence-corrected chi connectivity index (χ2v) is 10.1. The van der Waals surface area contributed by atoms with Gasteiger partial charge in [-0.3, -0.25) is 9.69 Å². The lowest BCUT2D eigenvalue weighted by Gasteiger charge is -2.37. The summed E-state index contributed by atoms with van der Waals surface area (Å²) in [5, 5.41) is 0. The molecule has 3 fully saturated rings. The van der Waals surface area contributed by atoms with Crippen molar-refractivity contribution in [1.82, 2.24) is 9.88 Å². The van der Waals surface area contributed by atoms with Crippen LogP contribution in [0.4, 0.5) is 5.82 Å². The van der Waals surface area contributed by atoms with E-state index in [4.69, 9.17) is 9.47 Å². The van der Waals surface area contributed by atoms with Crippen LogP contribution in [0.1, 0.15) is 50.5 Å². The number of hydrogen-bond donors (Lipinski definition) is 0. The summed E-state index contributed by atoms with van der Waals surface area (Å²) in [4.78, 5) is 21.9. The third-order valence-electron chi connectivity index (χ3n) is 7.82. The minimum absolute atomic E-state index is 0.471. The maximum absolute atomic E-state index is 12.2. The number of piperazine rings is 1. The van der Waals surface area contributed by atoms with Gasteiger partial charge in [-0.1, -0.05) is 12.8 Å². The topological polar surface area (TPSA) is 54.9 Å². The Morgan fingerprint density at radius 3 is 2.48 bits per heavy atom. The van der Waals surface area contributed by atoms with Gasteiger partial charge in [0, 0.05) is 63.1 Å². The van der Waals surface area contributed by atoms with Crippen LogP contribution in [0.5, 0.6) is 5.75 Å². The van der Waals surface area contributed by atoms with E-state index >= 15 is 0 Å². The number of fused-ring (bicyclic) bond motifs is 1. The van der Waals surface area contributed by atoms with E-state index in [2.05, 4.69) is 20.9 Å². The number of carbonyl (C=O) groups excluding carboxylic acids is 1. The summed E-state index contributed by atoms with van der Waals surface area (Å²) in [6.45, 7) is 7.89. The van der Waals surface area contributed by atoms with Gasteiger partial charge >= 0.3 is 0 Å². The number of Topliss-reactive ketones (excluding diaryl/α,β-unsaturated/α-hetero) is 1. The quantitative estimate of drug-likeness (QED) is 0.634. The van der Waals surface area contributed by atoms with Crippen LogP contribution >= 0.6 is 0 Å². The fourth-order valence-corrected chi connectivity index (χ4v) is 5.72. The molecule has 0 N–H and O–H groups in total. The number of hydrogen-bond acceptors (Lipinski definition) is 6. The van der Waals surface area contributed by atoms with Crippen LogP contribution in [0, 0.1) is 17.8 Å². The Balaban J connectivity index is 0.995. The van der Waals surface area contributed by atoms with Gasteiger partial charge in [0.2, 0.25) is 0 Å². The fourth-order valence-electron chi connectivity index (χ4n) is 5.72. The molecule has 0 unspecified atom stereocenters. The maximum atomic E-state index is 12.2. The molecule has 1 aromatic heterocycles. The van der Waals surface area contributed by atoms with E-state index in [1.54, 1.807) is 0 Å². The first-order valence-corrected chi connectivity index (χ1v) is 12.4. The lowest BCUT2D eigenvalue weighted by atomic mass is 9.78. The first-order chi connectivity index (χ1) is 15.2. The van der Waals surface area contributed by atoms with Gasteiger partial charge in [0.25, 0.3) is 0 Å². The number of ketones is 1. The van der Waals surface area contributed by atoms with Crippen molar-refractivity contribution in [2.75, 3.05) is 57.4 Å². The molecule has 4 aliphatic rings. The summed E-state index contributed by atoms with van der Waals surface area (Å²) in [5.74, 6) is 4.53. The van der Waals surface area contributed by atoms with E-state index in [-0.39, 0.29) is 0 Å². The van der Waals surface area contributed by atoms with Crippen molar-refractivity contribution in [2.45, 2.75) is 51.4 Å². The number of rotatable bonds is 8. The van der Waals surface area contributed by atoms with Crippen molar-refractivity contribution >= 4 is 11.6 Å². The Bertz CT molecular complexity index is 750. The Morgan fingerprint density at radius 1 is 1.00 bits per heavy atom. The summed E-state index contributed by atoms with van der Waals surface area (Å²) in [6.07, 6.45) is 10.9. The first kappa shape index (κ1) is 21.2. The number of aromatic nitrogens is 1. The summed E-state index contributed by atoms with van der Waals surface area (Å²) in [7, 11) is 0. The van der Waals surface area contributed by atoms with Gasteiger partial charge in [-0.2, -0.15) is 0 Å². The van der Waals surface area contributed by atoms with Gasteiger partial charge in [-0.05, 0) is 43.7 Å². The van der Waals surface area contributed by atoms with Crippen molar-refractivity contribution in [3.05, 3.63) is 17.8 Å². The fraction of sp³-hybridized carbons (Fsp3) is 0.760. The largest absolute Gasteiger partial charge is 0.489 e. The van der Waals surface area contributed by atoms with Crippen molar-refractivity contribution in [1.29, 1.82) is 0 Å². The summed E-state index contributed by atoms with van der Waals surface area (Å²) >= 11 is 0. The van der Waals surface area contributed by atoms with E-state index in [0.29, 0.717) is 17.6 Å². The molecule has 1 aromatic rings. The number of carbonyl (C=O) groups is 1. The summed E-state index contributed by atoms with van der Waals surface area (Å²) in [6, 6.07) is 2.09. The highest BCUT2D eigenvalue weighted by molar-refractivity contribution is 5.79. The molecular weight excluding hydrogens is 390 g/mol. The second-order valence-electron chi connectivity index (χ2n) is 10.1. The number of pyridine rings is 1. The molecule has 0 atom stereocenters. The zero-order valence-electron chi connectivity index (χ0n) is 18.8. The zero-order valence-corrected chi connectivity index (χ0v) is 18.8. The predicted molar refractivity (Wildman–Crippen MR) is 121 cm³/mol. The monoisotopic (exact) mass is 427 g/mol. The molecule has 6 nitrogen and oxygen atoms in total. The summed E-state index contributed by atoms with van der Waals surface area (Å²) < 4.78 is 11.0. The number of nitrogens with zero attached hydrogens (tertiary/aromatic N) is 3. The molecule has 5 rings (SSSR count). The molecular formula is C25H37N3O3. The molecule has 3 aliphatic heterocycles. The predicted octanol–water partition coefficient (Wildman–Crippen LogP) is 3.33. The molecule has 4 heterocycles. The summed E-state index contributed by atoms with van der Waals surface area (Å²) in [5.41, 5.74) is 1.31. The van der Waals surface area contributed by atoms with E-state index in [0.717, 1.165) is 82.7 Å². The second kappa shape index (κ2) is 9.86. The van der Waals surface area contributed by atoms with E-state index < -0.39 is 0 Å². The molecule has 1 saturated carbocycles. The van der Waals surface area contributed by atoms with Gasteiger partial charge in [0.15, 0.2) is 11.6 Å². The standard InChI is InChI=1S/C25H37N3O3/c29-23(16-21-17-30-18-21)15-20-3-1-19(2-4-20)6-9-27-10-12-28(13-11-27)25-24-22(5-8-26-25)7-14-31-24/h5,8,19-21H,1-4,6-7,9-18H2. The van der Waals surface area contributed by atoms with Gasteiger partial charge in [-0.15, -0.1) is 0 Å². The van der Waals surface area contributed by atoms with E-state index in [1.165, 1.54) is 44.2 Å². The molecule has 31 heavy (non-hydrogen) atoms. The zero-order chi connectivity index (χ0) is 21.0. The molecule has 170 valence electrons. The average molecular weight is 428 g/mol. The number of anilines is 1. The van der Waals surface area contributed by atoms with Crippen LogP contribution in [0.2, 0.25) is 0 Å². The van der Waals surface area contributed by atoms with Gasteiger partial charge in [0.1, 0.15) is 5.78 Å². The normalized spacial score (nSPS) is 26.9. The maximum Gasteiger partial charge on any atom is 0.171 e. The molecule has 0 spiro atoms. The molecule has 0 bridgehead atoms. The minimum Gasteiger partial charge on any atom is -0.489 e. The Hall–Kier alpha value is -1.66. The highest BCUT2D eigenvalue weighted by Gasteiger charge is 2.28. The van der Waals surface area contributed by atoms with Crippen molar-refractivity contribution in [2.24, 2.45) is 17.8 Å². The van der Waals surface area contributed by atoms with Crippen LogP contribution in [-0.4, -0.2) is 68.2 Å². The lowest BCUT2D eigenvalue weighted by Crippen LogP contribution is -2.47. The third kappa shape index (κ3) is 5.23. The van der Waals surface area contributed by atoms with Crippen molar-refractivity contribution < 1.29 is 14.3 Å². The van der Waals surface area contributed by atoms with Gasteiger partial charge in [0.05, 0.1) is 19.8 Å². The van der Waals surface area contributed by atoms with Gasteiger partial charge < -0.3 is 14.4 Å². The van der Waals surface area contributed by atoms with Crippen LogP contribution in [0.25, 0.3) is 0 Å². The molecule has 0 radical (unpaired) electrons. The van der Waals surface area contributed by atoms with Crippen molar-refractivity contribution in [3.8, 4) is 5.75 Å². The van der Waals surface area contributed by atoms with Crippen LogP contribution in [0.3, 0.4) is 0 Å².